The predicted octanol–water partition coefficient (Wildman–Crippen LogP) is 2.47. The SMILES string of the molecule is CC.NCc1ncn2ccc(Cl)cc12. The minimum Gasteiger partial charge on any atom is -0.325 e. The van der Waals surface area contributed by atoms with Crippen molar-refractivity contribution in [3.8, 4) is 0 Å². The minimum absolute atomic E-state index is 0.441. The van der Waals surface area contributed by atoms with Crippen LogP contribution in [0.1, 0.15) is 19.5 Å². The zero-order chi connectivity index (χ0) is 10.6. The van der Waals surface area contributed by atoms with E-state index in [0.29, 0.717) is 11.6 Å². The van der Waals surface area contributed by atoms with Crippen molar-refractivity contribution in [2.45, 2.75) is 20.4 Å². The lowest BCUT2D eigenvalue weighted by molar-refractivity contribution is 1.02. The normalized spacial score (nSPS) is 9.71. The third-order valence-electron chi connectivity index (χ3n) is 1.77. The Balaban J connectivity index is 0.000000461. The van der Waals surface area contributed by atoms with Gasteiger partial charge in [-0.15, -0.1) is 0 Å². The summed E-state index contributed by atoms with van der Waals surface area (Å²) in [5.41, 5.74) is 7.34. The summed E-state index contributed by atoms with van der Waals surface area (Å²) in [5.74, 6) is 0. The zero-order valence-electron chi connectivity index (χ0n) is 8.37. The highest BCUT2D eigenvalue weighted by Crippen LogP contribution is 2.14. The maximum Gasteiger partial charge on any atom is 0.0996 e. The van der Waals surface area contributed by atoms with Gasteiger partial charge in [0.05, 0.1) is 17.5 Å². The van der Waals surface area contributed by atoms with E-state index in [0.717, 1.165) is 11.2 Å². The van der Waals surface area contributed by atoms with Crippen LogP contribution in [0.3, 0.4) is 0 Å². The van der Waals surface area contributed by atoms with Crippen molar-refractivity contribution in [1.82, 2.24) is 9.38 Å². The standard InChI is InChI=1S/C8H8ClN3.C2H6/c9-6-1-2-12-5-11-7(4-10)8(12)3-6;1-2/h1-3,5H,4,10H2;1-2H3. The molecule has 0 bridgehead atoms. The summed E-state index contributed by atoms with van der Waals surface area (Å²) in [5, 5.41) is 0.706. The van der Waals surface area contributed by atoms with Gasteiger partial charge in [-0.1, -0.05) is 25.4 Å². The summed E-state index contributed by atoms with van der Waals surface area (Å²) in [7, 11) is 0. The van der Waals surface area contributed by atoms with E-state index in [4.69, 9.17) is 17.3 Å². The average molecular weight is 212 g/mol. The molecule has 4 heteroatoms. The number of hydrogen-bond acceptors (Lipinski definition) is 2. The first-order valence-electron chi connectivity index (χ1n) is 4.62. The molecular weight excluding hydrogens is 198 g/mol. The van der Waals surface area contributed by atoms with Crippen molar-refractivity contribution < 1.29 is 0 Å². The minimum atomic E-state index is 0.441. The Morgan fingerprint density at radius 3 is 2.86 bits per heavy atom. The fourth-order valence-corrected chi connectivity index (χ4v) is 1.33. The first-order valence-corrected chi connectivity index (χ1v) is 5.00. The van der Waals surface area contributed by atoms with Crippen molar-refractivity contribution in [1.29, 1.82) is 0 Å². The molecular formula is C10H14ClN3. The second-order valence-electron chi connectivity index (χ2n) is 2.53. The molecule has 0 aliphatic carbocycles. The van der Waals surface area contributed by atoms with Crippen LogP contribution in [0.25, 0.3) is 5.52 Å². The van der Waals surface area contributed by atoms with Crippen molar-refractivity contribution in [2.75, 3.05) is 0 Å². The molecule has 0 radical (unpaired) electrons. The number of aromatic nitrogens is 2. The molecule has 3 nitrogen and oxygen atoms in total. The van der Waals surface area contributed by atoms with Crippen LogP contribution >= 0.6 is 11.6 Å². The molecule has 0 fully saturated rings. The highest BCUT2D eigenvalue weighted by Gasteiger charge is 2.01. The quantitative estimate of drug-likeness (QED) is 0.788. The Morgan fingerprint density at radius 1 is 1.50 bits per heavy atom. The second kappa shape index (κ2) is 4.98. The Morgan fingerprint density at radius 2 is 2.21 bits per heavy atom. The van der Waals surface area contributed by atoms with Crippen LogP contribution in [0.2, 0.25) is 5.02 Å². The van der Waals surface area contributed by atoms with Gasteiger partial charge in [0, 0.05) is 17.8 Å². The Bertz CT molecular complexity index is 409. The summed E-state index contributed by atoms with van der Waals surface area (Å²) in [6, 6.07) is 3.67. The van der Waals surface area contributed by atoms with E-state index >= 15 is 0 Å². The van der Waals surface area contributed by atoms with Gasteiger partial charge in [0.15, 0.2) is 0 Å². The Labute approximate surface area is 88.5 Å². The third-order valence-corrected chi connectivity index (χ3v) is 2.01. The molecule has 2 N–H and O–H groups in total. The molecule has 0 saturated heterocycles. The molecule has 2 aromatic heterocycles. The topological polar surface area (TPSA) is 43.3 Å². The number of fused-ring (bicyclic) bond motifs is 1. The van der Waals surface area contributed by atoms with Crippen molar-refractivity contribution in [2.24, 2.45) is 5.73 Å². The van der Waals surface area contributed by atoms with Crippen LogP contribution in [0.4, 0.5) is 0 Å². The number of pyridine rings is 1. The van der Waals surface area contributed by atoms with E-state index in [-0.39, 0.29) is 0 Å². The van der Waals surface area contributed by atoms with E-state index in [1.54, 1.807) is 6.33 Å². The highest BCUT2D eigenvalue weighted by molar-refractivity contribution is 6.30. The maximum absolute atomic E-state index is 5.82. The van der Waals surface area contributed by atoms with Gasteiger partial charge in [0.2, 0.25) is 0 Å². The summed E-state index contributed by atoms with van der Waals surface area (Å²) in [6.07, 6.45) is 3.59. The van der Waals surface area contributed by atoms with Gasteiger partial charge in [0.25, 0.3) is 0 Å². The lowest BCUT2D eigenvalue weighted by Gasteiger charge is -1.95. The van der Waals surface area contributed by atoms with Crippen molar-refractivity contribution >= 4 is 17.1 Å². The number of rotatable bonds is 1. The number of nitrogens with zero attached hydrogens (tertiary/aromatic N) is 2. The van der Waals surface area contributed by atoms with Crippen LogP contribution in [0.15, 0.2) is 24.7 Å². The van der Waals surface area contributed by atoms with Gasteiger partial charge in [-0.3, -0.25) is 0 Å². The highest BCUT2D eigenvalue weighted by atomic mass is 35.5. The molecule has 2 heterocycles. The summed E-state index contributed by atoms with van der Waals surface area (Å²) < 4.78 is 1.90. The molecule has 0 aromatic carbocycles. The van der Waals surface area contributed by atoms with Crippen molar-refractivity contribution in [3.05, 3.63) is 35.4 Å². The van der Waals surface area contributed by atoms with E-state index in [2.05, 4.69) is 4.98 Å². The van der Waals surface area contributed by atoms with Crippen LogP contribution in [0, 0.1) is 0 Å². The molecule has 2 rings (SSSR count). The molecule has 0 amide bonds. The first-order chi connectivity index (χ1) is 6.81. The first kappa shape index (κ1) is 11.0. The molecule has 0 aliphatic rings. The van der Waals surface area contributed by atoms with Gasteiger partial charge in [-0.05, 0) is 12.1 Å². The van der Waals surface area contributed by atoms with Gasteiger partial charge in [-0.2, -0.15) is 0 Å². The van der Waals surface area contributed by atoms with E-state index in [1.807, 2.05) is 36.6 Å². The summed E-state index contributed by atoms with van der Waals surface area (Å²) >= 11 is 5.82. The molecule has 0 spiro atoms. The Hall–Kier alpha value is -1.06. The third kappa shape index (κ3) is 2.05. The number of imidazole rings is 1. The Kier molecular flexibility index (Phi) is 3.92. The van der Waals surface area contributed by atoms with E-state index in [9.17, 15) is 0 Å². The van der Waals surface area contributed by atoms with Crippen LogP contribution in [-0.2, 0) is 6.54 Å². The fourth-order valence-electron chi connectivity index (χ4n) is 1.17. The molecule has 0 atom stereocenters. The zero-order valence-corrected chi connectivity index (χ0v) is 9.12. The summed E-state index contributed by atoms with van der Waals surface area (Å²) in [6.45, 7) is 4.44. The van der Waals surface area contributed by atoms with Crippen LogP contribution in [0.5, 0.6) is 0 Å². The molecule has 2 aromatic rings. The molecule has 0 aliphatic heterocycles. The van der Waals surface area contributed by atoms with E-state index < -0.39 is 0 Å². The fraction of sp³-hybridized carbons (Fsp3) is 0.300. The monoisotopic (exact) mass is 211 g/mol. The molecule has 14 heavy (non-hydrogen) atoms. The molecule has 0 unspecified atom stereocenters. The van der Waals surface area contributed by atoms with Gasteiger partial charge in [0.1, 0.15) is 0 Å². The molecule has 76 valence electrons. The number of nitrogens with two attached hydrogens (primary N) is 1. The lowest BCUT2D eigenvalue weighted by Crippen LogP contribution is -1.96. The second-order valence-corrected chi connectivity index (χ2v) is 2.97. The number of hydrogen-bond donors (Lipinski definition) is 1. The predicted molar refractivity (Wildman–Crippen MR) is 59.4 cm³/mol. The van der Waals surface area contributed by atoms with Gasteiger partial charge >= 0.3 is 0 Å². The molecule has 0 saturated carbocycles. The van der Waals surface area contributed by atoms with Crippen LogP contribution < -0.4 is 5.73 Å². The summed E-state index contributed by atoms with van der Waals surface area (Å²) in [4.78, 5) is 4.13. The van der Waals surface area contributed by atoms with E-state index in [1.165, 1.54) is 0 Å². The number of halogens is 1. The van der Waals surface area contributed by atoms with Gasteiger partial charge in [-0.25, -0.2) is 4.98 Å². The largest absolute Gasteiger partial charge is 0.325 e. The average Bonchev–Trinajstić information content (AvgIpc) is 2.63. The smallest absolute Gasteiger partial charge is 0.0996 e. The van der Waals surface area contributed by atoms with Gasteiger partial charge < -0.3 is 10.1 Å². The van der Waals surface area contributed by atoms with Crippen LogP contribution in [-0.4, -0.2) is 9.38 Å². The van der Waals surface area contributed by atoms with Crippen molar-refractivity contribution in [3.63, 3.8) is 0 Å². The lowest BCUT2D eigenvalue weighted by atomic mass is 10.3. The maximum atomic E-state index is 5.82.